The van der Waals surface area contributed by atoms with Gasteiger partial charge in [-0.15, -0.1) is 0 Å². The maximum Gasteiger partial charge on any atom is 0.147 e. The highest BCUT2D eigenvalue weighted by Gasteiger charge is 2.10. The zero-order valence-electron chi connectivity index (χ0n) is 14.3. The molecule has 0 saturated carbocycles. The van der Waals surface area contributed by atoms with Gasteiger partial charge in [-0.05, 0) is 35.6 Å². The molecule has 25 heavy (non-hydrogen) atoms. The summed E-state index contributed by atoms with van der Waals surface area (Å²) >= 11 is 1.63. The van der Waals surface area contributed by atoms with Gasteiger partial charge in [-0.1, -0.05) is 24.0 Å². The molecule has 0 saturated heterocycles. The number of carbonyl (C=O) groups is 1. The van der Waals surface area contributed by atoms with E-state index in [1.54, 1.807) is 18.4 Å². The van der Waals surface area contributed by atoms with Crippen molar-refractivity contribution in [1.29, 1.82) is 0 Å². The lowest BCUT2D eigenvalue weighted by Gasteiger charge is -2.16. The number of ether oxygens (including phenoxy) is 3. The van der Waals surface area contributed by atoms with Crippen LogP contribution in [0.15, 0.2) is 41.1 Å². The van der Waals surface area contributed by atoms with Crippen molar-refractivity contribution in [3.05, 3.63) is 57.8 Å². The van der Waals surface area contributed by atoms with Crippen LogP contribution in [-0.2, 0) is 25.4 Å². The number of methoxy groups -OCH3 is 1. The Morgan fingerprint density at radius 1 is 1.20 bits per heavy atom. The van der Waals surface area contributed by atoms with Crippen LogP contribution in [0.5, 0.6) is 0 Å². The molecule has 0 aliphatic rings. The summed E-state index contributed by atoms with van der Waals surface area (Å²) in [7, 11) is 1.62. The fraction of sp³-hybridized carbons (Fsp3) is 0.350. The van der Waals surface area contributed by atoms with Gasteiger partial charge in [-0.25, -0.2) is 0 Å². The van der Waals surface area contributed by atoms with Crippen LogP contribution >= 0.6 is 11.3 Å². The number of hydrogen-bond donors (Lipinski definition) is 0. The SMILES string of the molecule is COCCOCO[C@H](CC=O)Cc1cccc(C#Cc2ccsc2)c1. The van der Waals surface area contributed by atoms with E-state index >= 15 is 0 Å². The first kappa shape index (κ1) is 19.4. The Balaban J connectivity index is 1.92. The third kappa shape index (κ3) is 7.63. The van der Waals surface area contributed by atoms with Gasteiger partial charge in [0, 0.05) is 30.0 Å². The summed E-state index contributed by atoms with van der Waals surface area (Å²) in [6.07, 6.45) is 1.64. The second-order valence-corrected chi connectivity index (χ2v) is 6.16. The fourth-order valence-corrected chi connectivity index (χ4v) is 2.77. The van der Waals surface area contributed by atoms with Crippen molar-refractivity contribution in [3.63, 3.8) is 0 Å². The molecular formula is C20H22O4S. The molecule has 2 aromatic rings. The van der Waals surface area contributed by atoms with Gasteiger partial charge in [0.2, 0.25) is 0 Å². The smallest absolute Gasteiger partial charge is 0.147 e. The van der Waals surface area contributed by atoms with Gasteiger partial charge >= 0.3 is 0 Å². The van der Waals surface area contributed by atoms with Gasteiger partial charge in [0.05, 0.1) is 19.3 Å². The lowest BCUT2D eigenvalue weighted by Crippen LogP contribution is -2.19. The normalized spacial score (nSPS) is 11.6. The molecule has 0 bridgehead atoms. The first-order valence-corrected chi connectivity index (χ1v) is 9.01. The Bertz CT molecular complexity index is 685. The summed E-state index contributed by atoms with van der Waals surface area (Å²) < 4.78 is 15.9. The van der Waals surface area contributed by atoms with Gasteiger partial charge in [0.15, 0.2) is 0 Å². The van der Waals surface area contributed by atoms with Crippen LogP contribution in [0.2, 0.25) is 0 Å². The maximum atomic E-state index is 10.9. The van der Waals surface area contributed by atoms with E-state index in [2.05, 4.69) is 11.8 Å². The van der Waals surface area contributed by atoms with Gasteiger partial charge in [-0.2, -0.15) is 11.3 Å². The van der Waals surface area contributed by atoms with E-state index in [1.165, 1.54) is 0 Å². The topological polar surface area (TPSA) is 44.8 Å². The van der Waals surface area contributed by atoms with Crippen molar-refractivity contribution in [2.24, 2.45) is 0 Å². The number of thiophene rings is 1. The molecule has 4 nitrogen and oxygen atoms in total. The zero-order valence-corrected chi connectivity index (χ0v) is 15.1. The molecule has 0 unspecified atom stereocenters. The number of benzene rings is 1. The Morgan fingerprint density at radius 3 is 2.84 bits per heavy atom. The van der Waals surface area contributed by atoms with Crippen molar-refractivity contribution >= 4 is 17.6 Å². The maximum absolute atomic E-state index is 10.9. The minimum Gasteiger partial charge on any atom is -0.382 e. The van der Waals surface area contributed by atoms with E-state index in [-0.39, 0.29) is 12.9 Å². The Kier molecular flexibility index (Phi) is 8.95. The van der Waals surface area contributed by atoms with Crippen molar-refractivity contribution < 1.29 is 19.0 Å². The average Bonchev–Trinajstić information content (AvgIpc) is 3.14. The van der Waals surface area contributed by atoms with Gasteiger partial charge < -0.3 is 19.0 Å². The first-order valence-electron chi connectivity index (χ1n) is 8.07. The highest BCUT2D eigenvalue weighted by molar-refractivity contribution is 7.08. The zero-order chi connectivity index (χ0) is 17.7. The Hall–Kier alpha value is -1.97. The van der Waals surface area contributed by atoms with E-state index in [4.69, 9.17) is 14.2 Å². The van der Waals surface area contributed by atoms with Gasteiger partial charge in [0.1, 0.15) is 13.1 Å². The third-order valence-corrected chi connectivity index (χ3v) is 4.12. The first-order chi connectivity index (χ1) is 12.3. The summed E-state index contributed by atoms with van der Waals surface area (Å²) in [6.45, 7) is 1.14. The number of hydrogen-bond acceptors (Lipinski definition) is 5. The summed E-state index contributed by atoms with van der Waals surface area (Å²) in [5.74, 6) is 6.31. The monoisotopic (exact) mass is 358 g/mol. The molecule has 0 spiro atoms. The molecule has 0 N–H and O–H groups in total. The number of carbonyl (C=O) groups excluding carboxylic acids is 1. The minimum absolute atomic E-state index is 0.152. The average molecular weight is 358 g/mol. The van der Waals surface area contributed by atoms with E-state index < -0.39 is 0 Å². The largest absolute Gasteiger partial charge is 0.382 e. The fourth-order valence-electron chi connectivity index (χ4n) is 2.18. The van der Waals surface area contributed by atoms with Crippen LogP contribution < -0.4 is 0 Å². The lowest BCUT2D eigenvalue weighted by atomic mass is 10.0. The second kappa shape index (κ2) is 11.6. The molecule has 1 aromatic heterocycles. The molecule has 0 aliphatic carbocycles. The Morgan fingerprint density at radius 2 is 2.08 bits per heavy atom. The highest BCUT2D eigenvalue weighted by Crippen LogP contribution is 2.11. The molecule has 0 fully saturated rings. The molecule has 0 amide bonds. The molecule has 1 atom stereocenters. The van der Waals surface area contributed by atoms with Crippen LogP contribution in [0, 0.1) is 11.8 Å². The molecule has 1 aromatic carbocycles. The van der Waals surface area contributed by atoms with Crippen LogP contribution in [0.3, 0.4) is 0 Å². The molecular weight excluding hydrogens is 336 g/mol. The molecule has 0 aliphatic heterocycles. The van der Waals surface area contributed by atoms with E-state index in [9.17, 15) is 4.79 Å². The quantitative estimate of drug-likeness (QED) is 0.283. The molecule has 0 radical (unpaired) electrons. The van der Waals surface area contributed by atoms with Crippen LogP contribution in [0.1, 0.15) is 23.1 Å². The third-order valence-electron chi connectivity index (χ3n) is 3.44. The molecule has 2 rings (SSSR count). The predicted molar refractivity (Wildman–Crippen MR) is 98.7 cm³/mol. The molecule has 5 heteroatoms. The summed E-state index contributed by atoms with van der Waals surface area (Å²) in [6, 6.07) is 10.0. The number of rotatable bonds is 10. The van der Waals surface area contributed by atoms with Crippen molar-refractivity contribution in [1.82, 2.24) is 0 Å². The minimum atomic E-state index is -0.208. The van der Waals surface area contributed by atoms with Crippen molar-refractivity contribution in [2.75, 3.05) is 27.1 Å². The van der Waals surface area contributed by atoms with Crippen LogP contribution in [0.4, 0.5) is 0 Å². The van der Waals surface area contributed by atoms with Crippen LogP contribution in [0.25, 0.3) is 0 Å². The standard InChI is InChI=1S/C20H22O4S/c1-22-10-11-23-16-24-20(7-9-21)14-19-4-2-3-17(13-19)5-6-18-8-12-25-15-18/h2-4,8-9,12-13,15,20H,7,10-11,14,16H2,1H3/t20-/m1/s1. The van der Waals surface area contributed by atoms with E-state index in [0.717, 1.165) is 23.0 Å². The van der Waals surface area contributed by atoms with E-state index in [1.807, 2.05) is 41.1 Å². The summed E-state index contributed by atoms with van der Waals surface area (Å²) in [5.41, 5.74) is 3.05. The van der Waals surface area contributed by atoms with Crippen LogP contribution in [-0.4, -0.2) is 39.5 Å². The summed E-state index contributed by atoms with van der Waals surface area (Å²) in [4.78, 5) is 10.9. The predicted octanol–water partition coefficient (Wildman–Crippen LogP) is 3.29. The second-order valence-electron chi connectivity index (χ2n) is 5.38. The molecule has 132 valence electrons. The van der Waals surface area contributed by atoms with Crippen molar-refractivity contribution in [3.8, 4) is 11.8 Å². The summed E-state index contributed by atoms with van der Waals surface area (Å²) in [5, 5.41) is 4.03. The van der Waals surface area contributed by atoms with Gasteiger partial charge in [0.25, 0.3) is 0 Å². The number of aldehydes is 1. The molecule has 1 heterocycles. The Labute approximate surface area is 152 Å². The lowest BCUT2D eigenvalue weighted by molar-refractivity contribution is -0.118. The van der Waals surface area contributed by atoms with Gasteiger partial charge in [-0.3, -0.25) is 0 Å². The van der Waals surface area contributed by atoms with Crippen molar-refractivity contribution in [2.45, 2.75) is 18.9 Å². The van der Waals surface area contributed by atoms with E-state index in [0.29, 0.717) is 26.1 Å². The highest BCUT2D eigenvalue weighted by atomic mass is 32.1.